The van der Waals surface area contributed by atoms with Crippen LogP contribution in [0.3, 0.4) is 0 Å². The number of carbonyl (C=O) groups is 1. The van der Waals surface area contributed by atoms with Gasteiger partial charge in [0.15, 0.2) is 0 Å². The van der Waals surface area contributed by atoms with E-state index in [1.54, 1.807) is 6.92 Å². The van der Waals surface area contributed by atoms with Crippen LogP contribution in [0, 0.1) is 6.92 Å². The van der Waals surface area contributed by atoms with Crippen molar-refractivity contribution in [3.63, 3.8) is 0 Å². The first-order valence-corrected chi connectivity index (χ1v) is 4.77. The molecule has 0 atom stereocenters. The van der Waals surface area contributed by atoms with Gasteiger partial charge in [-0.15, -0.1) is 0 Å². The van der Waals surface area contributed by atoms with E-state index in [-0.39, 0.29) is 12.3 Å². The molecule has 0 aliphatic rings. The minimum Gasteiger partial charge on any atom is -0.485 e. The summed E-state index contributed by atoms with van der Waals surface area (Å²) in [5.41, 5.74) is 1.21. The number of hydrogen-bond donors (Lipinski definition) is 1. The van der Waals surface area contributed by atoms with Gasteiger partial charge in [-0.1, -0.05) is 10.3 Å². The maximum absolute atomic E-state index is 10.6. The third kappa shape index (κ3) is 2.57. The van der Waals surface area contributed by atoms with Gasteiger partial charge in [-0.05, 0) is 19.1 Å². The van der Waals surface area contributed by atoms with Gasteiger partial charge in [-0.3, -0.25) is 0 Å². The zero-order valence-corrected chi connectivity index (χ0v) is 8.95. The quantitative estimate of drug-likeness (QED) is 0.845. The van der Waals surface area contributed by atoms with Crippen molar-refractivity contribution in [1.82, 2.24) is 15.3 Å². The van der Waals surface area contributed by atoms with Crippen molar-refractivity contribution in [1.29, 1.82) is 0 Å². The average Bonchev–Trinajstić information content (AvgIpc) is 2.73. The highest BCUT2D eigenvalue weighted by Gasteiger charge is 2.07. The van der Waals surface area contributed by atoms with Gasteiger partial charge in [0, 0.05) is 0 Å². The third-order valence-electron chi connectivity index (χ3n) is 2.08. The topological polar surface area (TPSA) is 98.3 Å². The third-order valence-corrected chi connectivity index (χ3v) is 2.08. The van der Waals surface area contributed by atoms with Crippen molar-refractivity contribution < 1.29 is 19.3 Å². The Kier molecular flexibility index (Phi) is 2.99. The Morgan fingerprint density at radius 3 is 2.82 bits per heavy atom. The molecule has 7 heteroatoms. The maximum Gasteiger partial charge on any atom is 0.354 e. The van der Waals surface area contributed by atoms with Gasteiger partial charge in [-0.2, -0.15) is 0 Å². The summed E-state index contributed by atoms with van der Waals surface area (Å²) in [7, 11) is 0. The molecule has 0 saturated heterocycles. The van der Waals surface area contributed by atoms with Crippen molar-refractivity contribution in [3.05, 3.63) is 35.4 Å². The molecule has 0 saturated carbocycles. The second-order valence-electron chi connectivity index (χ2n) is 3.27. The molecule has 2 heterocycles. The molecular formula is C10H9N3O4. The molecule has 0 fully saturated rings. The molecule has 2 rings (SSSR count). The van der Waals surface area contributed by atoms with E-state index >= 15 is 0 Å². The predicted octanol–water partition coefficient (Wildman–Crippen LogP) is 1.05. The van der Waals surface area contributed by atoms with Crippen molar-refractivity contribution in [2.75, 3.05) is 0 Å². The molecule has 0 aromatic carbocycles. The Morgan fingerprint density at radius 2 is 2.29 bits per heavy atom. The molecule has 1 N–H and O–H groups in total. The number of aromatic carboxylic acids is 1. The lowest BCUT2D eigenvalue weighted by molar-refractivity contribution is 0.0690. The molecule has 0 aliphatic heterocycles. The summed E-state index contributed by atoms with van der Waals surface area (Å²) < 4.78 is 9.86. The molecule has 0 bridgehead atoms. The van der Waals surface area contributed by atoms with E-state index in [4.69, 9.17) is 9.84 Å². The van der Waals surface area contributed by atoms with E-state index in [1.165, 1.54) is 18.3 Å². The summed E-state index contributed by atoms with van der Waals surface area (Å²) in [6, 6.07) is 2.89. The molecule has 0 spiro atoms. The standard InChI is InChI=1S/C10H9N3O4/c1-6-9(13-17-12-6)5-16-7-2-3-8(10(14)15)11-4-7/h2-4H,5H2,1H3,(H,14,15). The summed E-state index contributed by atoms with van der Waals surface area (Å²) in [6.07, 6.45) is 1.34. The average molecular weight is 235 g/mol. The number of nitrogens with zero attached hydrogens (tertiary/aromatic N) is 3. The van der Waals surface area contributed by atoms with Gasteiger partial charge in [0.05, 0.1) is 6.20 Å². The van der Waals surface area contributed by atoms with Crippen molar-refractivity contribution in [2.45, 2.75) is 13.5 Å². The van der Waals surface area contributed by atoms with Crippen LogP contribution in [0.1, 0.15) is 21.9 Å². The van der Waals surface area contributed by atoms with E-state index in [9.17, 15) is 4.79 Å². The van der Waals surface area contributed by atoms with E-state index in [1.807, 2.05) is 0 Å². The first-order valence-electron chi connectivity index (χ1n) is 4.77. The van der Waals surface area contributed by atoms with Gasteiger partial charge in [0.2, 0.25) is 0 Å². The molecule has 17 heavy (non-hydrogen) atoms. The number of carboxylic acids is 1. The monoisotopic (exact) mass is 235 g/mol. The second kappa shape index (κ2) is 4.60. The normalized spacial score (nSPS) is 10.2. The minimum atomic E-state index is -1.08. The highest BCUT2D eigenvalue weighted by molar-refractivity contribution is 5.85. The van der Waals surface area contributed by atoms with Gasteiger partial charge < -0.3 is 9.84 Å². The smallest absolute Gasteiger partial charge is 0.354 e. The van der Waals surface area contributed by atoms with E-state index in [0.29, 0.717) is 17.1 Å². The number of ether oxygens (including phenoxy) is 1. The van der Waals surface area contributed by atoms with Gasteiger partial charge in [0.25, 0.3) is 0 Å². The predicted molar refractivity (Wildman–Crippen MR) is 54.6 cm³/mol. The molecule has 2 aromatic rings. The van der Waals surface area contributed by atoms with Crippen molar-refractivity contribution >= 4 is 5.97 Å². The van der Waals surface area contributed by atoms with E-state index in [2.05, 4.69) is 19.9 Å². The molecule has 0 unspecified atom stereocenters. The van der Waals surface area contributed by atoms with Crippen molar-refractivity contribution in [3.8, 4) is 5.75 Å². The molecule has 88 valence electrons. The largest absolute Gasteiger partial charge is 0.485 e. The summed E-state index contributed by atoms with van der Waals surface area (Å²) >= 11 is 0. The van der Waals surface area contributed by atoms with Crippen LogP contribution < -0.4 is 4.74 Å². The molecule has 0 amide bonds. The minimum absolute atomic E-state index is 0.0309. The Balaban J connectivity index is 2.00. The number of aryl methyl sites for hydroxylation is 1. The van der Waals surface area contributed by atoms with Gasteiger partial charge >= 0.3 is 5.97 Å². The maximum atomic E-state index is 10.6. The number of rotatable bonds is 4. The van der Waals surface area contributed by atoms with Crippen LogP contribution in [-0.2, 0) is 6.61 Å². The second-order valence-corrected chi connectivity index (χ2v) is 3.27. The fourth-order valence-electron chi connectivity index (χ4n) is 1.12. The number of pyridine rings is 1. The number of hydrogen-bond acceptors (Lipinski definition) is 6. The SMILES string of the molecule is Cc1nonc1COc1ccc(C(=O)O)nc1. The number of aromatic nitrogens is 3. The lowest BCUT2D eigenvalue weighted by atomic mass is 10.3. The Morgan fingerprint density at radius 1 is 1.47 bits per heavy atom. The summed E-state index contributed by atoms with van der Waals surface area (Å²) in [4.78, 5) is 14.3. The summed E-state index contributed by atoms with van der Waals surface area (Å²) in [6.45, 7) is 1.95. The van der Waals surface area contributed by atoms with Crippen LogP contribution in [0.25, 0.3) is 0 Å². The van der Waals surface area contributed by atoms with E-state index in [0.717, 1.165) is 0 Å². The van der Waals surface area contributed by atoms with Crippen LogP contribution in [0.2, 0.25) is 0 Å². The summed E-state index contributed by atoms with van der Waals surface area (Å²) in [5, 5.41) is 15.9. The molecular weight excluding hydrogens is 226 g/mol. The lowest BCUT2D eigenvalue weighted by Crippen LogP contribution is -2.01. The lowest BCUT2D eigenvalue weighted by Gasteiger charge is -2.03. The fraction of sp³-hybridized carbons (Fsp3) is 0.200. The summed E-state index contributed by atoms with van der Waals surface area (Å²) in [5.74, 6) is -0.620. The van der Waals surface area contributed by atoms with Crippen LogP contribution in [-0.4, -0.2) is 26.4 Å². The fourth-order valence-corrected chi connectivity index (χ4v) is 1.12. The highest BCUT2D eigenvalue weighted by Crippen LogP contribution is 2.12. The zero-order valence-electron chi connectivity index (χ0n) is 8.95. The van der Waals surface area contributed by atoms with Gasteiger partial charge in [0.1, 0.15) is 29.4 Å². The Bertz CT molecular complexity index is 521. The molecule has 7 nitrogen and oxygen atoms in total. The van der Waals surface area contributed by atoms with Crippen LogP contribution in [0.4, 0.5) is 0 Å². The van der Waals surface area contributed by atoms with Crippen LogP contribution >= 0.6 is 0 Å². The molecule has 2 aromatic heterocycles. The van der Waals surface area contributed by atoms with Crippen LogP contribution in [0.15, 0.2) is 23.0 Å². The van der Waals surface area contributed by atoms with Crippen LogP contribution in [0.5, 0.6) is 5.75 Å². The van der Waals surface area contributed by atoms with E-state index < -0.39 is 5.97 Å². The zero-order chi connectivity index (χ0) is 12.3. The first-order chi connectivity index (χ1) is 8.16. The molecule has 0 radical (unpaired) electrons. The van der Waals surface area contributed by atoms with Gasteiger partial charge in [-0.25, -0.2) is 14.4 Å². The highest BCUT2D eigenvalue weighted by atomic mass is 16.6. The Labute approximate surface area is 96.0 Å². The first kappa shape index (κ1) is 11.1. The molecule has 0 aliphatic carbocycles. The van der Waals surface area contributed by atoms with Crippen molar-refractivity contribution in [2.24, 2.45) is 0 Å². The number of carboxylic acid groups (broad SMARTS) is 1. The Hall–Kier alpha value is -2.44.